The van der Waals surface area contributed by atoms with E-state index in [2.05, 4.69) is 15.3 Å². The first-order valence-corrected chi connectivity index (χ1v) is 7.54. The minimum absolute atomic E-state index is 0.123. The molecule has 3 heterocycles. The first kappa shape index (κ1) is 13.8. The highest BCUT2D eigenvalue weighted by atomic mass is 32.2. The monoisotopic (exact) mass is 302 g/mol. The average molecular weight is 302 g/mol. The fourth-order valence-corrected chi connectivity index (χ4v) is 3.20. The minimum atomic E-state index is -0.272. The number of nitrogens with zero attached hydrogens (tertiary/aromatic N) is 3. The number of pyridine rings is 1. The molecule has 2 aromatic heterocycles. The number of carbonyl (C=O) groups excluding carboxylic acids is 1. The van der Waals surface area contributed by atoms with E-state index in [-0.39, 0.29) is 17.4 Å². The zero-order valence-corrected chi connectivity index (χ0v) is 12.3. The second-order valence-electron chi connectivity index (χ2n) is 4.89. The van der Waals surface area contributed by atoms with Crippen LogP contribution >= 0.6 is 11.8 Å². The van der Waals surface area contributed by atoms with Crippen LogP contribution in [0, 0.1) is 12.8 Å². The summed E-state index contributed by atoms with van der Waals surface area (Å²) < 4.78 is 1.54. The van der Waals surface area contributed by atoms with Crippen molar-refractivity contribution in [1.29, 1.82) is 0 Å². The average Bonchev–Trinajstić information content (AvgIpc) is 2.47. The molecule has 1 aliphatic rings. The van der Waals surface area contributed by atoms with E-state index in [0.717, 1.165) is 5.56 Å². The summed E-state index contributed by atoms with van der Waals surface area (Å²) in [5, 5.41) is 3.47. The lowest BCUT2D eigenvalue weighted by Gasteiger charge is -2.23. The number of thioether (sulfide) groups is 1. The summed E-state index contributed by atoms with van der Waals surface area (Å²) in [6.45, 7) is 2.29. The Labute approximate surface area is 125 Å². The van der Waals surface area contributed by atoms with Crippen LogP contribution in [0.1, 0.15) is 5.56 Å². The van der Waals surface area contributed by atoms with Gasteiger partial charge in [-0.1, -0.05) is 11.8 Å². The van der Waals surface area contributed by atoms with E-state index in [0.29, 0.717) is 23.3 Å². The third kappa shape index (κ3) is 2.97. The number of aromatic nitrogens is 3. The third-order valence-corrected chi connectivity index (χ3v) is 4.41. The van der Waals surface area contributed by atoms with Crippen molar-refractivity contribution in [2.75, 3.05) is 11.1 Å². The Kier molecular flexibility index (Phi) is 3.74. The van der Waals surface area contributed by atoms with Crippen LogP contribution in [0.2, 0.25) is 0 Å². The SMILES string of the molecule is Cc1ccnc(NC(=O)C2CSc3nccc(=O)n3C2)c1. The maximum atomic E-state index is 12.3. The van der Waals surface area contributed by atoms with Crippen LogP contribution in [0.15, 0.2) is 40.5 Å². The Hall–Kier alpha value is -2.15. The Morgan fingerprint density at radius 2 is 2.19 bits per heavy atom. The van der Waals surface area contributed by atoms with Gasteiger partial charge in [0.15, 0.2) is 5.16 Å². The number of rotatable bonds is 2. The quantitative estimate of drug-likeness (QED) is 0.846. The van der Waals surface area contributed by atoms with Crippen molar-refractivity contribution in [2.45, 2.75) is 18.6 Å². The van der Waals surface area contributed by atoms with Crippen molar-refractivity contribution >= 4 is 23.5 Å². The molecule has 0 saturated heterocycles. The zero-order chi connectivity index (χ0) is 14.8. The smallest absolute Gasteiger partial charge is 0.254 e. The molecule has 2 aromatic rings. The first-order valence-electron chi connectivity index (χ1n) is 6.55. The molecule has 21 heavy (non-hydrogen) atoms. The van der Waals surface area contributed by atoms with Crippen molar-refractivity contribution < 1.29 is 4.79 Å². The number of aryl methyl sites for hydroxylation is 1. The van der Waals surface area contributed by atoms with Crippen LogP contribution in [-0.4, -0.2) is 26.2 Å². The van der Waals surface area contributed by atoms with Gasteiger partial charge >= 0.3 is 0 Å². The van der Waals surface area contributed by atoms with Gasteiger partial charge in [-0.2, -0.15) is 0 Å². The Bertz CT molecular complexity index is 744. The van der Waals surface area contributed by atoms with Crippen LogP contribution in [0.3, 0.4) is 0 Å². The zero-order valence-electron chi connectivity index (χ0n) is 11.4. The molecule has 0 spiro atoms. The second kappa shape index (κ2) is 5.69. The normalized spacial score (nSPS) is 17.1. The van der Waals surface area contributed by atoms with Crippen molar-refractivity contribution in [3.63, 3.8) is 0 Å². The van der Waals surface area contributed by atoms with Crippen molar-refractivity contribution in [1.82, 2.24) is 14.5 Å². The summed E-state index contributed by atoms with van der Waals surface area (Å²) in [5.74, 6) is 0.747. The molecule has 0 fully saturated rings. The van der Waals surface area contributed by atoms with Gasteiger partial charge in [0.1, 0.15) is 5.82 Å². The highest BCUT2D eigenvalue weighted by molar-refractivity contribution is 7.99. The Morgan fingerprint density at radius 3 is 3.00 bits per heavy atom. The van der Waals surface area contributed by atoms with Crippen molar-refractivity contribution in [3.05, 3.63) is 46.5 Å². The van der Waals surface area contributed by atoms with E-state index in [9.17, 15) is 9.59 Å². The highest BCUT2D eigenvalue weighted by Crippen LogP contribution is 2.25. The number of hydrogen-bond donors (Lipinski definition) is 1. The van der Waals surface area contributed by atoms with Gasteiger partial charge in [-0.05, 0) is 24.6 Å². The Balaban J connectivity index is 1.75. The molecule has 7 heteroatoms. The summed E-state index contributed by atoms with van der Waals surface area (Å²) in [6.07, 6.45) is 3.16. The summed E-state index contributed by atoms with van der Waals surface area (Å²) in [4.78, 5) is 32.4. The minimum Gasteiger partial charge on any atom is -0.310 e. The molecule has 0 aliphatic carbocycles. The van der Waals surface area contributed by atoms with E-state index < -0.39 is 0 Å². The van der Waals surface area contributed by atoms with Gasteiger partial charge in [-0.3, -0.25) is 14.2 Å². The number of nitrogens with one attached hydrogen (secondary N) is 1. The third-order valence-electron chi connectivity index (χ3n) is 3.25. The van der Waals surface area contributed by atoms with Gasteiger partial charge in [-0.25, -0.2) is 9.97 Å². The lowest BCUT2D eigenvalue weighted by Crippen LogP contribution is -2.36. The molecule has 1 aliphatic heterocycles. The van der Waals surface area contributed by atoms with Crippen molar-refractivity contribution in [2.24, 2.45) is 5.92 Å². The maximum Gasteiger partial charge on any atom is 0.254 e. The van der Waals surface area contributed by atoms with Gasteiger partial charge in [0.25, 0.3) is 5.56 Å². The van der Waals surface area contributed by atoms with Gasteiger partial charge in [0.2, 0.25) is 5.91 Å². The molecule has 1 amide bonds. The number of carbonyl (C=O) groups is 1. The first-order chi connectivity index (χ1) is 10.1. The summed E-state index contributed by atoms with van der Waals surface area (Å²) in [7, 11) is 0. The van der Waals surface area contributed by atoms with Gasteiger partial charge in [0.05, 0.1) is 5.92 Å². The topological polar surface area (TPSA) is 76.9 Å². The number of fused-ring (bicyclic) bond motifs is 1. The molecule has 6 nitrogen and oxygen atoms in total. The lowest BCUT2D eigenvalue weighted by molar-refractivity contribution is -0.119. The predicted molar refractivity (Wildman–Crippen MR) is 80.3 cm³/mol. The molecule has 0 aromatic carbocycles. The van der Waals surface area contributed by atoms with Crippen molar-refractivity contribution in [3.8, 4) is 0 Å². The predicted octanol–water partition coefficient (Wildman–Crippen LogP) is 1.31. The molecule has 108 valence electrons. The van der Waals surface area contributed by atoms with Crippen LogP contribution in [0.5, 0.6) is 0 Å². The van der Waals surface area contributed by atoms with E-state index in [1.54, 1.807) is 10.8 Å². The molecule has 3 rings (SSSR count). The van der Waals surface area contributed by atoms with E-state index in [4.69, 9.17) is 0 Å². The van der Waals surface area contributed by atoms with Crippen LogP contribution in [0.4, 0.5) is 5.82 Å². The fourth-order valence-electron chi connectivity index (χ4n) is 2.14. The molecule has 1 N–H and O–H groups in total. The number of amides is 1. The molecular formula is C14H14N4O2S. The molecule has 1 unspecified atom stereocenters. The van der Waals surface area contributed by atoms with E-state index in [1.165, 1.54) is 24.0 Å². The Morgan fingerprint density at radius 1 is 1.38 bits per heavy atom. The molecule has 0 bridgehead atoms. The van der Waals surface area contributed by atoms with Crippen LogP contribution in [0.25, 0.3) is 0 Å². The maximum absolute atomic E-state index is 12.3. The van der Waals surface area contributed by atoms with Gasteiger partial charge in [0, 0.05) is 30.8 Å². The van der Waals surface area contributed by atoms with E-state index >= 15 is 0 Å². The molecule has 0 radical (unpaired) electrons. The number of hydrogen-bond acceptors (Lipinski definition) is 5. The largest absolute Gasteiger partial charge is 0.310 e. The fraction of sp³-hybridized carbons (Fsp3) is 0.286. The van der Waals surface area contributed by atoms with E-state index in [1.807, 2.05) is 19.1 Å². The molecular weight excluding hydrogens is 288 g/mol. The summed E-state index contributed by atoms with van der Waals surface area (Å²) in [5.41, 5.74) is 0.905. The number of anilines is 1. The second-order valence-corrected chi connectivity index (χ2v) is 5.88. The van der Waals surface area contributed by atoms with Crippen LogP contribution < -0.4 is 10.9 Å². The molecule has 1 atom stereocenters. The summed E-state index contributed by atoms with van der Waals surface area (Å²) in [6, 6.07) is 5.09. The molecule has 0 saturated carbocycles. The van der Waals surface area contributed by atoms with Gasteiger partial charge < -0.3 is 5.32 Å². The standard InChI is InChI=1S/C14H14N4O2S/c1-9-2-4-15-11(6-9)17-13(20)10-7-18-12(19)3-5-16-14(18)21-8-10/h2-6,10H,7-8H2,1H3,(H,15,17,20). The van der Waals surface area contributed by atoms with Gasteiger partial charge in [-0.15, -0.1) is 0 Å². The lowest BCUT2D eigenvalue weighted by atomic mass is 10.1. The highest BCUT2D eigenvalue weighted by Gasteiger charge is 2.26. The summed E-state index contributed by atoms with van der Waals surface area (Å²) >= 11 is 1.42. The van der Waals surface area contributed by atoms with Crippen LogP contribution in [-0.2, 0) is 11.3 Å².